The Kier molecular flexibility index (Phi) is 5.49. The summed E-state index contributed by atoms with van der Waals surface area (Å²) in [5, 5.41) is 7.86. The molecule has 0 aliphatic rings. The zero-order valence-corrected chi connectivity index (χ0v) is 17.7. The summed E-state index contributed by atoms with van der Waals surface area (Å²) in [6, 6.07) is 8.03. The van der Waals surface area contributed by atoms with Crippen molar-refractivity contribution in [2.24, 2.45) is 7.05 Å². The molecule has 3 aromatic heterocycles. The van der Waals surface area contributed by atoms with Gasteiger partial charge in [-0.25, -0.2) is 4.98 Å². The van der Waals surface area contributed by atoms with Crippen LogP contribution in [-0.4, -0.2) is 32.6 Å². The second-order valence-corrected chi connectivity index (χ2v) is 8.06. The van der Waals surface area contributed by atoms with Gasteiger partial charge in [-0.2, -0.15) is 5.10 Å². The van der Waals surface area contributed by atoms with Gasteiger partial charge in [-0.3, -0.25) is 9.48 Å². The van der Waals surface area contributed by atoms with Gasteiger partial charge in [0.2, 0.25) is 0 Å². The van der Waals surface area contributed by atoms with E-state index in [1.54, 1.807) is 15.8 Å². The van der Waals surface area contributed by atoms with Gasteiger partial charge in [0, 0.05) is 55.2 Å². The van der Waals surface area contributed by atoms with Crippen LogP contribution in [0.15, 0.2) is 46.5 Å². The first kappa shape index (κ1) is 19.4. The van der Waals surface area contributed by atoms with Crippen molar-refractivity contribution in [1.82, 2.24) is 19.7 Å². The van der Waals surface area contributed by atoms with Crippen LogP contribution < -0.4 is 0 Å². The highest BCUT2D eigenvalue weighted by Gasteiger charge is 2.21. The molecular weight excluding hydrogens is 384 g/mol. The van der Waals surface area contributed by atoms with Crippen molar-refractivity contribution in [3.05, 3.63) is 59.1 Å². The van der Waals surface area contributed by atoms with Crippen LogP contribution in [0.5, 0.6) is 0 Å². The summed E-state index contributed by atoms with van der Waals surface area (Å²) in [7, 11) is 3.68. The van der Waals surface area contributed by atoms with Gasteiger partial charge in [0.25, 0.3) is 5.91 Å². The monoisotopic (exact) mass is 408 g/mol. The van der Waals surface area contributed by atoms with E-state index >= 15 is 0 Å². The van der Waals surface area contributed by atoms with E-state index in [4.69, 9.17) is 4.42 Å². The number of rotatable bonds is 7. The van der Waals surface area contributed by atoms with Crippen LogP contribution in [0, 0.1) is 0 Å². The van der Waals surface area contributed by atoms with Crippen LogP contribution in [0.2, 0.25) is 0 Å². The lowest BCUT2D eigenvalue weighted by Gasteiger charge is -2.16. The van der Waals surface area contributed by atoms with Crippen LogP contribution in [-0.2, 0) is 20.0 Å². The van der Waals surface area contributed by atoms with Gasteiger partial charge in [-0.15, -0.1) is 11.3 Å². The lowest BCUT2D eigenvalue weighted by Crippen LogP contribution is -2.26. The second kappa shape index (κ2) is 8.21. The molecule has 0 aliphatic heterocycles. The third kappa shape index (κ3) is 3.96. The molecule has 1 amide bonds. The highest BCUT2D eigenvalue weighted by molar-refractivity contribution is 7.13. The summed E-state index contributed by atoms with van der Waals surface area (Å²) >= 11 is 1.46. The Morgan fingerprint density at radius 2 is 2.14 bits per heavy atom. The van der Waals surface area contributed by atoms with Crippen LogP contribution in [0.25, 0.3) is 21.5 Å². The Morgan fingerprint density at radius 1 is 1.31 bits per heavy atom. The van der Waals surface area contributed by atoms with E-state index in [0.29, 0.717) is 12.2 Å². The molecule has 0 saturated carbocycles. The lowest BCUT2D eigenvalue weighted by molar-refractivity contribution is 0.0780. The standard InChI is InChI=1S/C22H24N4O2S/c1-4-5-9-20-17(16-8-6-7-10-19(16)28-20)13-25(2)22(27)18-14-29-21(24-18)15-11-23-26(3)12-15/h6-8,10-12,14H,4-5,9,13H2,1-3H3. The van der Waals surface area contributed by atoms with Gasteiger partial charge in [0.15, 0.2) is 0 Å². The number of carbonyl (C=O) groups is 1. The summed E-state index contributed by atoms with van der Waals surface area (Å²) in [5.74, 6) is 0.880. The second-order valence-electron chi connectivity index (χ2n) is 7.21. The number of hydrogen-bond donors (Lipinski definition) is 0. The quantitative estimate of drug-likeness (QED) is 0.436. The number of amides is 1. The summed E-state index contributed by atoms with van der Waals surface area (Å²) in [6.45, 7) is 2.66. The zero-order chi connectivity index (χ0) is 20.4. The smallest absolute Gasteiger partial charge is 0.273 e. The first-order valence-corrected chi connectivity index (χ1v) is 10.6. The van der Waals surface area contributed by atoms with Crippen molar-refractivity contribution in [2.75, 3.05) is 7.05 Å². The minimum Gasteiger partial charge on any atom is -0.461 e. The molecular formula is C22H24N4O2S. The Labute approximate surface area is 173 Å². The zero-order valence-electron chi connectivity index (χ0n) is 16.9. The lowest BCUT2D eigenvalue weighted by atomic mass is 10.1. The van der Waals surface area contributed by atoms with E-state index in [9.17, 15) is 4.79 Å². The maximum atomic E-state index is 13.0. The van der Waals surface area contributed by atoms with Crippen LogP contribution in [0.1, 0.15) is 41.6 Å². The molecule has 0 N–H and O–H groups in total. The molecule has 0 saturated heterocycles. The molecule has 29 heavy (non-hydrogen) atoms. The van der Waals surface area contributed by atoms with Gasteiger partial charge >= 0.3 is 0 Å². The van der Waals surface area contributed by atoms with E-state index in [2.05, 4.69) is 23.1 Å². The summed E-state index contributed by atoms with van der Waals surface area (Å²) < 4.78 is 7.82. The summed E-state index contributed by atoms with van der Waals surface area (Å²) in [4.78, 5) is 19.2. The number of para-hydroxylation sites is 1. The fourth-order valence-electron chi connectivity index (χ4n) is 3.40. The van der Waals surface area contributed by atoms with Gasteiger partial charge < -0.3 is 9.32 Å². The molecule has 0 radical (unpaired) electrons. The van der Waals surface area contributed by atoms with Gasteiger partial charge in [-0.1, -0.05) is 31.5 Å². The maximum Gasteiger partial charge on any atom is 0.273 e. The first-order valence-electron chi connectivity index (χ1n) is 9.76. The Hall–Kier alpha value is -2.93. The number of nitrogens with zero attached hydrogens (tertiary/aromatic N) is 4. The minimum atomic E-state index is -0.0943. The predicted octanol–water partition coefficient (Wildman–Crippen LogP) is 4.90. The molecule has 7 heteroatoms. The van der Waals surface area contributed by atoms with E-state index in [-0.39, 0.29) is 5.91 Å². The van der Waals surface area contributed by atoms with E-state index < -0.39 is 0 Å². The third-order valence-electron chi connectivity index (χ3n) is 4.96. The highest BCUT2D eigenvalue weighted by atomic mass is 32.1. The molecule has 0 fully saturated rings. The Morgan fingerprint density at radius 3 is 2.90 bits per heavy atom. The molecule has 0 spiro atoms. The average molecular weight is 409 g/mol. The van der Waals surface area contributed by atoms with E-state index in [1.807, 2.05) is 43.9 Å². The topological polar surface area (TPSA) is 64.2 Å². The molecule has 0 aliphatic carbocycles. The Balaban J connectivity index is 1.57. The van der Waals surface area contributed by atoms with Gasteiger partial charge in [0.1, 0.15) is 22.0 Å². The molecule has 0 unspecified atom stereocenters. The number of carbonyl (C=O) groups excluding carboxylic acids is 1. The van der Waals surface area contributed by atoms with Crippen molar-refractivity contribution in [3.8, 4) is 10.6 Å². The summed E-state index contributed by atoms with van der Waals surface area (Å²) in [6.07, 6.45) is 6.69. The summed E-state index contributed by atoms with van der Waals surface area (Å²) in [5.41, 5.74) is 3.34. The van der Waals surface area contributed by atoms with Crippen LogP contribution in [0.3, 0.4) is 0 Å². The van der Waals surface area contributed by atoms with E-state index in [0.717, 1.165) is 52.1 Å². The third-order valence-corrected chi connectivity index (χ3v) is 5.85. The predicted molar refractivity (Wildman–Crippen MR) is 115 cm³/mol. The molecule has 4 aromatic rings. The van der Waals surface area contributed by atoms with Gasteiger partial charge in [-0.05, 0) is 12.5 Å². The number of hydrogen-bond acceptors (Lipinski definition) is 5. The number of furan rings is 1. The van der Waals surface area contributed by atoms with Gasteiger partial charge in [0.05, 0.1) is 6.20 Å². The molecule has 150 valence electrons. The molecule has 3 heterocycles. The van der Waals surface area contributed by atoms with Crippen LogP contribution in [0.4, 0.5) is 0 Å². The molecule has 6 nitrogen and oxygen atoms in total. The van der Waals surface area contributed by atoms with Crippen molar-refractivity contribution < 1.29 is 9.21 Å². The largest absolute Gasteiger partial charge is 0.461 e. The SMILES string of the molecule is CCCCc1oc2ccccc2c1CN(C)C(=O)c1csc(-c2cnn(C)c2)n1. The number of unbranched alkanes of at least 4 members (excludes halogenated alkanes) is 1. The van der Waals surface area contributed by atoms with Crippen molar-refractivity contribution in [2.45, 2.75) is 32.7 Å². The Bertz CT molecular complexity index is 1140. The number of benzene rings is 1. The number of thiazole rings is 1. The van der Waals surface area contributed by atoms with Crippen molar-refractivity contribution in [3.63, 3.8) is 0 Å². The molecule has 0 atom stereocenters. The number of fused-ring (bicyclic) bond motifs is 1. The molecule has 0 bridgehead atoms. The number of aromatic nitrogens is 3. The fraction of sp³-hybridized carbons (Fsp3) is 0.318. The normalized spacial score (nSPS) is 11.3. The average Bonchev–Trinajstić information content (AvgIpc) is 3.45. The number of aryl methyl sites for hydroxylation is 2. The van der Waals surface area contributed by atoms with Crippen molar-refractivity contribution in [1.29, 1.82) is 0 Å². The highest BCUT2D eigenvalue weighted by Crippen LogP contribution is 2.29. The van der Waals surface area contributed by atoms with Crippen molar-refractivity contribution >= 4 is 28.2 Å². The minimum absolute atomic E-state index is 0.0943. The molecule has 1 aromatic carbocycles. The molecule has 4 rings (SSSR count). The fourth-order valence-corrected chi connectivity index (χ4v) is 4.17. The van der Waals surface area contributed by atoms with Crippen LogP contribution >= 0.6 is 11.3 Å². The van der Waals surface area contributed by atoms with E-state index in [1.165, 1.54) is 11.3 Å². The first-order chi connectivity index (χ1) is 14.1. The maximum absolute atomic E-state index is 13.0.